The average Bonchev–Trinajstić information content (AvgIpc) is 2.46. The molecule has 1 fully saturated rings. The van der Waals surface area contributed by atoms with Gasteiger partial charge >= 0.3 is 5.69 Å². The number of rotatable bonds is 3. The number of nitro benzene ring substituents is 1. The van der Waals surface area contributed by atoms with Crippen molar-refractivity contribution in [3.8, 4) is 5.75 Å². The fourth-order valence-electron chi connectivity index (χ4n) is 2.35. The zero-order valence-electron chi connectivity index (χ0n) is 11.5. The van der Waals surface area contributed by atoms with Crippen molar-refractivity contribution in [2.24, 2.45) is 0 Å². The summed E-state index contributed by atoms with van der Waals surface area (Å²) in [4.78, 5) is 24.7. The summed E-state index contributed by atoms with van der Waals surface area (Å²) in [6.45, 7) is 3.94. The van der Waals surface area contributed by atoms with Gasteiger partial charge in [0.2, 0.25) is 5.75 Å². The van der Waals surface area contributed by atoms with E-state index in [1.54, 1.807) is 11.0 Å². The summed E-state index contributed by atoms with van der Waals surface area (Å²) in [5.41, 5.74) is 0.0385. The van der Waals surface area contributed by atoms with Crippen LogP contribution in [0.1, 0.15) is 17.3 Å². The number of nitrogens with one attached hydrogen (secondary N) is 1. The molecule has 7 heteroatoms. The molecule has 108 valence electrons. The minimum Gasteiger partial charge on any atom is -0.490 e. The van der Waals surface area contributed by atoms with Gasteiger partial charge in [-0.15, -0.1) is 0 Å². The van der Waals surface area contributed by atoms with Crippen molar-refractivity contribution in [1.29, 1.82) is 0 Å². The van der Waals surface area contributed by atoms with Crippen LogP contribution in [-0.2, 0) is 0 Å². The van der Waals surface area contributed by atoms with Crippen LogP contribution in [0.3, 0.4) is 0 Å². The minimum atomic E-state index is -0.545. The summed E-state index contributed by atoms with van der Waals surface area (Å²) in [6, 6.07) is 4.43. The fourth-order valence-corrected chi connectivity index (χ4v) is 2.35. The minimum absolute atomic E-state index is 0.0215. The highest BCUT2D eigenvalue weighted by atomic mass is 16.6. The van der Waals surface area contributed by atoms with Gasteiger partial charge in [0.05, 0.1) is 17.6 Å². The van der Waals surface area contributed by atoms with Crippen LogP contribution < -0.4 is 10.1 Å². The molecule has 7 nitrogen and oxygen atoms in total. The Kier molecular flexibility index (Phi) is 4.19. The number of ether oxygens (including phenoxy) is 1. The summed E-state index contributed by atoms with van der Waals surface area (Å²) in [5, 5.41) is 14.2. The third-order valence-corrected chi connectivity index (χ3v) is 3.39. The first-order valence-electron chi connectivity index (χ1n) is 6.39. The molecule has 1 saturated heterocycles. The lowest BCUT2D eigenvalue weighted by atomic mass is 10.1. The number of piperazine rings is 1. The molecule has 0 bridgehead atoms. The van der Waals surface area contributed by atoms with Crippen molar-refractivity contribution in [2.45, 2.75) is 13.0 Å². The summed E-state index contributed by atoms with van der Waals surface area (Å²) in [7, 11) is 1.33. The Morgan fingerprint density at radius 3 is 2.90 bits per heavy atom. The quantitative estimate of drug-likeness (QED) is 0.660. The summed E-state index contributed by atoms with van der Waals surface area (Å²) < 4.78 is 5.08. The molecule has 1 atom stereocenters. The number of nitrogens with zero attached hydrogens (tertiary/aromatic N) is 2. The Balaban J connectivity index is 2.39. The number of para-hydroxylation sites is 1. The van der Waals surface area contributed by atoms with Gasteiger partial charge in [-0.2, -0.15) is 0 Å². The first-order chi connectivity index (χ1) is 9.56. The first kappa shape index (κ1) is 14.3. The van der Waals surface area contributed by atoms with E-state index in [9.17, 15) is 14.9 Å². The van der Waals surface area contributed by atoms with Gasteiger partial charge in [-0.25, -0.2) is 0 Å². The normalized spacial score (nSPS) is 18.7. The van der Waals surface area contributed by atoms with Gasteiger partial charge in [0.15, 0.2) is 0 Å². The number of carbonyl (C=O) groups excluding carboxylic acids is 1. The molecule has 1 aromatic rings. The van der Waals surface area contributed by atoms with E-state index in [0.29, 0.717) is 19.6 Å². The molecule has 1 aromatic carbocycles. The second-order valence-corrected chi connectivity index (χ2v) is 4.67. The van der Waals surface area contributed by atoms with E-state index >= 15 is 0 Å². The molecule has 1 amide bonds. The largest absolute Gasteiger partial charge is 0.490 e. The number of nitro groups is 1. The zero-order valence-corrected chi connectivity index (χ0v) is 11.5. The Bertz CT molecular complexity index is 532. The average molecular weight is 279 g/mol. The van der Waals surface area contributed by atoms with Gasteiger partial charge in [0, 0.05) is 31.7 Å². The highest BCUT2D eigenvalue weighted by Crippen LogP contribution is 2.31. The standard InChI is InChI=1S/C13H17N3O4/c1-9-8-14-6-7-15(9)13(17)10-4-3-5-11(16(18)19)12(10)20-2/h3-5,9,14H,6-8H2,1-2H3/t9-/m1/s1. The summed E-state index contributed by atoms with van der Waals surface area (Å²) >= 11 is 0. The van der Waals surface area contributed by atoms with Crippen molar-refractivity contribution >= 4 is 11.6 Å². The number of methoxy groups -OCH3 is 1. The summed E-state index contributed by atoms with van der Waals surface area (Å²) in [5.74, 6) is -0.215. The first-order valence-corrected chi connectivity index (χ1v) is 6.39. The van der Waals surface area contributed by atoms with Gasteiger partial charge in [-0.3, -0.25) is 14.9 Å². The number of hydrogen-bond donors (Lipinski definition) is 1. The molecule has 0 aromatic heterocycles. The number of benzene rings is 1. The van der Waals surface area contributed by atoms with E-state index in [1.165, 1.54) is 19.2 Å². The van der Waals surface area contributed by atoms with Crippen LogP contribution in [0, 0.1) is 10.1 Å². The molecule has 1 N–H and O–H groups in total. The molecule has 20 heavy (non-hydrogen) atoms. The van der Waals surface area contributed by atoms with E-state index in [4.69, 9.17) is 4.74 Å². The third kappa shape index (κ3) is 2.57. The second-order valence-electron chi connectivity index (χ2n) is 4.67. The molecule has 2 rings (SSSR count). The van der Waals surface area contributed by atoms with E-state index in [2.05, 4.69) is 5.32 Å². The van der Waals surface area contributed by atoms with Crippen molar-refractivity contribution in [3.05, 3.63) is 33.9 Å². The number of hydrogen-bond acceptors (Lipinski definition) is 5. The molecule has 0 spiro atoms. The maximum absolute atomic E-state index is 12.6. The van der Waals surface area contributed by atoms with Crippen molar-refractivity contribution < 1.29 is 14.5 Å². The van der Waals surface area contributed by atoms with Gasteiger partial charge in [0.25, 0.3) is 5.91 Å². The Morgan fingerprint density at radius 2 is 2.30 bits per heavy atom. The monoisotopic (exact) mass is 279 g/mol. The molecule has 0 radical (unpaired) electrons. The Labute approximate surface area is 116 Å². The molecule has 1 aliphatic heterocycles. The van der Waals surface area contributed by atoms with Gasteiger partial charge < -0.3 is 15.0 Å². The van der Waals surface area contributed by atoms with Crippen LogP contribution in [0.2, 0.25) is 0 Å². The van der Waals surface area contributed by atoms with Crippen LogP contribution in [-0.4, -0.2) is 48.5 Å². The van der Waals surface area contributed by atoms with Crippen molar-refractivity contribution in [3.63, 3.8) is 0 Å². The molecule has 0 unspecified atom stereocenters. The molecular weight excluding hydrogens is 262 g/mol. The molecule has 1 heterocycles. The number of amides is 1. The third-order valence-electron chi connectivity index (χ3n) is 3.39. The van der Waals surface area contributed by atoms with Gasteiger partial charge in [-0.1, -0.05) is 6.07 Å². The fraction of sp³-hybridized carbons (Fsp3) is 0.462. The molecule has 1 aliphatic rings. The van der Waals surface area contributed by atoms with Crippen LogP contribution in [0.5, 0.6) is 5.75 Å². The highest BCUT2D eigenvalue weighted by molar-refractivity contribution is 5.98. The van der Waals surface area contributed by atoms with Gasteiger partial charge in [0.1, 0.15) is 0 Å². The van der Waals surface area contributed by atoms with E-state index in [-0.39, 0.29) is 28.9 Å². The van der Waals surface area contributed by atoms with Crippen LogP contribution in [0.25, 0.3) is 0 Å². The molecule has 0 aliphatic carbocycles. The Morgan fingerprint density at radius 1 is 1.55 bits per heavy atom. The van der Waals surface area contributed by atoms with Crippen LogP contribution in [0.4, 0.5) is 5.69 Å². The van der Waals surface area contributed by atoms with E-state index in [0.717, 1.165) is 0 Å². The SMILES string of the molecule is COc1c(C(=O)N2CCNC[C@H]2C)cccc1[N+](=O)[O-]. The molecule has 0 saturated carbocycles. The second kappa shape index (κ2) is 5.87. The zero-order chi connectivity index (χ0) is 14.7. The maximum Gasteiger partial charge on any atom is 0.311 e. The lowest BCUT2D eigenvalue weighted by Gasteiger charge is -2.34. The summed E-state index contributed by atoms with van der Waals surface area (Å²) in [6.07, 6.45) is 0. The van der Waals surface area contributed by atoms with Crippen molar-refractivity contribution in [1.82, 2.24) is 10.2 Å². The van der Waals surface area contributed by atoms with Crippen LogP contribution in [0.15, 0.2) is 18.2 Å². The lowest BCUT2D eigenvalue weighted by Crippen LogP contribution is -2.52. The highest BCUT2D eigenvalue weighted by Gasteiger charge is 2.29. The Hall–Kier alpha value is -2.15. The predicted octanol–water partition coefficient (Wildman–Crippen LogP) is 1.04. The predicted molar refractivity (Wildman–Crippen MR) is 73.0 cm³/mol. The lowest BCUT2D eigenvalue weighted by molar-refractivity contribution is -0.385. The van der Waals surface area contributed by atoms with Gasteiger partial charge in [-0.05, 0) is 13.0 Å². The van der Waals surface area contributed by atoms with Crippen LogP contribution >= 0.6 is 0 Å². The number of carbonyl (C=O) groups is 1. The van der Waals surface area contributed by atoms with E-state index < -0.39 is 4.92 Å². The van der Waals surface area contributed by atoms with Crippen molar-refractivity contribution in [2.75, 3.05) is 26.7 Å². The maximum atomic E-state index is 12.6. The molecular formula is C13H17N3O4. The smallest absolute Gasteiger partial charge is 0.311 e. The van der Waals surface area contributed by atoms with E-state index in [1.807, 2.05) is 6.92 Å². The topological polar surface area (TPSA) is 84.7 Å².